The van der Waals surface area contributed by atoms with Crippen molar-refractivity contribution in [1.29, 1.82) is 5.26 Å². The lowest BCUT2D eigenvalue weighted by Gasteiger charge is -2.11. The standard InChI is InChI=1S/C16H14ClN3O3/c1-21-15-4-3-5-16(22-2)14(15)10-23-19-9-13-7-11(17)6-12(8-18)20-13/h3-7,9H,10H2,1-2H3. The average molecular weight is 332 g/mol. The van der Waals surface area contributed by atoms with Crippen LogP contribution in [0.5, 0.6) is 11.5 Å². The number of methoxy groups -OCH3 is 2. The molecule has 0 unspecified atom stereocenters. The Morgan fingerprint density at radius 2 is 1.96 bits per heavy atom. The predicted octanol–water partition coefficient (Wildman–Crippen LogP) is 3.17. The summed E-state index contributed by atoms with van der Waals surface area (Å²) < 4.78 is 10.5. The molecule has 0 saturated heterocycles. The molecule has 7 heteroatoms. The zero-order chi connectivity index (χ0) is 16.7. The molecule has 6 nitrogen and oxygen atoms in total. The van der Waals surface area contributed by atoms with Crippen LogP contribution in [0.25, 0.3) is 0 Å². The van der Waals surface area contributed by atoms with Gasteiger partial charge in [-0.15, -0.1) is 0 Å². The van der Waals surface area contributed by atoms with E-state index in [1.807, 2.05) is 24.3 Å². The minimum atomic E-state index is 0.162. The fraction of sp³-hybridized carbons (Fsp3) is 0.188. The van der Waals surface area contributed by atoms with Gasteiger partial charge in [-0.05, 0) is 24.3 Å². The SMILES string of the molecule is COc1cccc(OC)c1CON=Cc1cc(Cl)cc(C#N)n1. The summed E-state index contributed by atoms with van der Waals surface area (Å²) in [6.07, 6.45) is 1.38. The van der Waals surface area contributed by atoms with Gasteiger partial charge in [0.05, 0.1) is 31.7 Å². The first-order valence-corrected chi connectivity index (χ1v) is 6.98. The summed E-state index contributed by atoms with van der Waals surface area (Å²) in [6.45, 7) is 0.162. The second-order valence-corrected chi connectivity index (χ2v) is 4.79. The second-order valence-electron chi connectivity index (χ2n) is 4.36. The number of aromatic nitrogens is 1. The summed E-state index contributed by atoms with van der Waals surface area (Å²) in [5.41, 5.74) is 1.39. The highest BCUT2D eigenvalue weighted by Crippen LogP contribution is 2.28. The first kappa shape index (κ1) is 16.6. The molecule has 0 bridgehead atoms. The highest BCUT2D eigenvalue weighted by atomic mass is 35.5. The molecule has 0 saturated carbocycles. The molecule has 1 heterocycles. The average Bonchev–Trinajstić information content (AvgIpc) is 2.57. The Morgan fingerprint density at radius 1 is 1.26 bits per heavy atom. The summed E-state index contributed by atoms with van der Waals surface area (Å²) in [5.74, 6) is 1.29. The Balaban J connectivity index is 2.08. The van der Waals surface area contributed by atoms with Crippen LogP contribution >= 0.6 is 11.6 Å². The molecule has 0 aliphatic carbocycles. The minimum absolute atomic E-state index is 0.162. The zero-order valence-electron chi connectivity index (χ0n) is 12.6. The number of hydrogen-bond donors (Lipinski definition) is 0. The molecule has 2 rings (SSSR count). The lowest BCUT2D eigenvalue weighted by Crippen LogP contribution is -1.98. The second kappa shape index (κ2) is 8.01. The molecule has 118 valence electrons. The molecule has 1 aromatic carbocycles. The molecule has 23 heavy (non-hydrogen) atoms. The van der Waals surface area contributed by atoms with E-state index >= 15 is 0 Å². The quantitative estimate of drug-likeness (QED) is 0.600. The van der Waals surface area contributed by atoms with Crippen molar-refractivity contribution < 1.29 is 14.3 Å². The number of ether oxygens (including phenoxy) is 2. The maximum atomic E-state index is 8.85. The molecule has 2 aromatic rings. The Morgan fingerprint density at radius 3 is 2.57 bits per heavy atom. The molecular weight excluding hydrogens is 318 g/mol. The molecule has 0 amide bonds. The van der Waals surface area contributed by atoms with E-state index in [1.165, 1.54) is 12.3 Å². The molecule has 0 N–H and O–H groups in total. The Kier molecular flexibility index (Phi) is 5.78. The minimum Gasteiger partial charge on any atom is -0.496 e. The first-order chi connectivity index (χ1) is 11.2. The lowest BCUT2D eigenvalue weighted by atomic mass is 10.2. The topological polar surface area (TPSA) is 76.7 Å². The van der Waals surface area contributed by atoms with E-state index in [0.29, 0.717) is 22.2 Å². The predicted molar refractivity (Wildman–Crippen MR) is 85.9 cm³/mol. The summed E-state index contributed by atoms with van der Waals surface area (Å²) in [7, 11) is 3.14. The van der Waals surface area contributed by atoms with Crippen molar-refractivity contribution in [2.24, 2.45) is 5.16 Å². The van der Waals surface area contributed by atoms with Crippen molar-refractivity contribution in [2.45, 2.75) is 6.61 Å². The van der Waals surface area contributed by atoms with E-state index in [1.54, 1.807) is 20.3 Å². The van der Waals surface area contributed by atoms with E-state index in [0.717, 1.165) is 5.56 Å². The van der Waals surface area contributed by atoms with Gasteiger partial charge >= 0.3 is 0 Å². The molecule has 0 fully saturated rings. The van der Waals surface area contributed by atoms with Crippen LogP contribution in [0, 0.1) is 11.3 Å². The number of nitrogens with zero attached hydrogens (tertiary/aromatic N) is 3. The number of halogens is 1. The van der Waals surface area contributed by atoms with E-state index < -0.39 is 0 Å². The van der Waals surface area contributed by atoms with Crippen LogP contribution in [-0.2, 0) is 11.4 Å². The van der Waals surface area contributed by atoms with Crippen molar-refractivity contribution in [1.82, 2.24) is 4.98 Å². The number of rotatable bonds is 6. The lowest BCUT2D eigenvalue weighted by molar-refractivity contribution is 0.127. The molecule has 0 aliphatic heterocycles. The smallest absolute Gasteiger partial charge is 0.149 e. The molecule has 0 aliphatic rings. The van der Waals surface area contributed by atoms with E-state index in [9.17, 15) is 0 Å². The van der Waals surface area contributed by atoms with Crippen LogP contribution < -0.4 is 9.47 Å². The molecule has 1 aromatic heterocycles. The molecule has 0 radical (unpaired) electrons. The van der Waals surface area contributed by atoms with Crippen LogP contribution in [-0.4, -0.2) is 25.4 Å². The van der Waals surface area contributed by atoms with Gasteiger partial charge in [0.15, 0.2) is 0 Å². The summed E-state index contributed by atoms with van der Waals surface area (Å²) in [6, 6.07) is 10.4. The first-order valence-electron chi connectivity index (χ1n) is 6.60. The summed E-state index contributed by atoms with van der Waals surface area (Å²) in [5, 5.41) is 13.1. The maximum Gasteiger partial charge on any atom is 0.149 e. The third-order valence-corrected chi connectivity index (χ3v) is 3.14. The number of hydrogen-bond acceptors (Lipinski definition) is 6. The van der Waals surface area contributed by atoms with E-state index in [-0.39, 0.29) is 12.3 Å². The van der Waals surface area contributed by atoms with Crippen LogP contribution in [0.2, 0.25) is 5.02 Å². The van der Waals surface area contributed by atoms with Gasteiger partial charge in [0, 0.05) is 5.02 Å². The third kappa shape index (κ3) is 4.34. The van der Waals surface area contributed by atoms with Gasteiger partial charge < -0.3 is 14.3 Å². The van der Waals surface area contributed by atoms with Crippen LogP contribution in [0.4, 0.5) is 0 Å². The monoisotopic (exact) mass is 331 g/mol. The number of pyridine rings is 1. The Bertz CT molecular complexity index is 734. The Hall–Kier alpha value is -2.78. The number of oxime groups is 1. The van der Waals surface area contributed by atoms with Crippen molar-refractivity contribution in [3.8, 4) is 17.6 Å². The van der Waals surface area contributed by atoms with Gasteiger partial charge in [0.1, 0.15) is 29.9 Å². The third-order valence-electron chi connectivity index (χ3n) is 2.92. The highest BCUT2D eigenvalue weighted by Gasteiger charge is 2.10. The van der Waals surface area contributed by atoms with Crippen molar-refractivity contribution in [3.63, 3.8) is 0 Å². The van der Waals surface area contributed by atoms with Gasteiger partial charge in [-0.2, -0.15) is 5.26 Å². The van der Waals surface area contributed by atoms with Gasteiger partial charge in [0.25, 0.3) is 0 Å². The normalized spacial score (nSPS) is 10.3. The maximum absolute atomic E-state index is 8.85. The van der Waals surface area contributed by atoms with Crippen molar-refractivity contribution in [3.05, 3.63) is 52.3 Å². The number of nitriles is 1. The Labute approximate surface area is 138 Å². The fourth-order valence-corrected chi connectivity index (χ4v) is 2.12. The summed E-state index contributed by atoms with van der Waals surface area (Å²) in [4.78, 5) is 9.31. The highest BCUT2D eigenvalue weighted by molar-refractivity contribution is 6.30. The molecule has 0 atom stereocenters. The van der Waals surface area contributed by atoms with Crippen LogP contribution in [0.1, 0.15) is 17.0 Å². The van der Waals surface area contributed by atoms with Crippen LogP contribution in [0.15, 0.2) is 35.5 Å². The fourth-order valence-electron chi connectivity index (χ4n) is 1.90. The number of benzene rings is 1. The van der Waals surface area contributed by atoms with Gasteiger partial charge in [0.2, 0.25) is 0 Å². The van der Waals surface area contributed by atoms with Gasteiger partial charge in [-0.3, -0.25) is 0 Å². The van der Waals surface area contributed by atoms with Crippen molar-refractivity contribution in [2.75, 3.05) is 14.2 Å². The summed E-state index contributed by atoms with van der Waals surface area (Å²) >= 11 is 5.89. The zero-order valence-corrected chi connectivity index (χ0v) is 13.4. The van der Waals surface area contributed by atoms with Gasteiger partial charge in [-0.1, -0.05) is 22.8 Å². The molecular formula is C16H14ClN3O3. The molecule has 0 spiro atoms. The van der Waals surface area contributed by atoms with Gasteiger partial charge in [-0.25, -0.2) is 4.98 Å². The van der Waals surface area contributed by atoms with E-state index in [2.05, 4.69) is 10.1 Å². The largest absolute Gasteiger partial charge is 0.496 e. The van der Waals surface area contributed by atoms with Crippen LogP contribution in [0.3, 0.4) is 0 Å². The van der Waals surface area contributed by atoms with E-state index in [4.69, 9.17) is 31.2 Å². The van der Waals surface area contributed by atoms with Crippen molar-refractivity contribution >= 4 is 17.8 Å².